The lowest BCUT2D eigenvalue weighted by atomic mass is 9.67. The van der Waals surface area contributed by atoms with Crippen molar-refractivity contribution in [2.75, 3.05) is 46.6 Å². The number of phenols is 2. The van der Waals surface area contributed by atoms with Gasteiger partial charge in [-0.15, -0.1) is 0 Å². The number of aryl methyl sites for hydroxylation is 1. The molecule has 0 amide bonds. The zero-order valence-electron chi connectivity index (χ0n) is 32.9. The van der Waals surface area contributed by atoms with Crippen molar-refractivity contribution >= 4 is 21.6 Å². The molecule has 0 spiro atoms. The minimum atomic E-state index is -1.05. The molecule has 1 saturated carbocycles. The van der Waals surface area contributed by atoms with Gasteiger partial charge in [-0.05, 0) is 142 Å². The molecule has 12 nitrogen and oxygen atoms in total. The van der Waals surface area contributed by atoms with Gasteiger partial charge >= 0.3 is 0 Å². The molecule has 0 aromatic heterocycles. The van der Waals surface area contributed by atoms with E-state index in [1.807, 2.05) is 13.1 Å². The highest BCUT2D eigenvalue weighted by molar-refractivity contribution is 8.76. The standard InChI is InChI=1S/C42H63NO11S2/c1-25-5-4-6-27(13-25)32-18-31(10-8-29(32)21-43-2)54-38-17-28-7-9-30(52-23-45)19-35(47)34(14-26-15-39(51-3)42(50)40(16-26)53-24-46)37(49)22-55-56-41(11-12-44)33(28)20-36(38)48/h4,6,15-17,20,25,27,29-32,34-35,37,41,43-50H,5,7-14,18-19,21-24H2,1-3H3/t25-,27+,29+,30+,31-,32-,34+,35-,37+,41+/m1/s1. The number of ether oxygens (including phenoxy) is 4. The van der Waals surface area contributed by atoms with Crippen LogP contribution < -0.4 is 19.5 Å². The third-order valence-corrected chi connectivity index (χ3v) is 14.7. The van der Waals surface area contributed by atoms with Gasteiger partial charge in [0.05, 0.1) is 31.5 Å². The Kier molecular flexibility index (Phi) is 17.6. The van der Waals surface area contributed by atoms with Gasteiger partial charge in [-0.25, -0.2) is 0 Å². The molecular formula is C42H63NO11S2. The number of aliphatic hydroxyl groups excluding tert-OH is 5. The van der Waals surface area contributed by atoms with E-state index in [4.69, 9.17) is 18.9 Å². The van der Waals surface area contributed by atoms with Gasteiger partial charge in [0, 0.05) is 23.5 Å². The lowest BCUT2D eigenvalue weighted by Crippen LogP contribution is -2.39. The summed E-state index contributed by atoms with van der Waals surface area (Å²) in [6, 6.07) is 6.82. The molecular weight excluding hydrogens is 759 g/mol. The molecule has 2 aromatic carbocycles. The van der Waals surface area contributed by atoms with Crippen LogP contribution in [0.3, 0.4) is 0 Å². The van der Waals surface area contributed by atoms with Gasteiger partial charge in [-0.1, -0.05) is 40.7 Å². The van der Waals surface area contributed by atoms with Crippen molar-refractivity contribution in [3.05, 3.63) is 53.1 Å². The number of hydrogen-bond donors (Lipinski definition) is 8. The maximum atomic E-state index is 11.7. The van der Waals surface area contributed by atoms with Crippen molar-refractivity contribution in [2.24, 2.45) is 29.6 Å². The van der Waals surface area contributed by atoms with Crippen molar-refractivity contribution in [1.82, 2.24) is 5.32 Å². The molecule has 5 rings (SSSR count). The van der Waals surface area contributed by atoms with E-state index in [2.05, 4.69) is 24.4 Å². The molecule has 0 bridgehead atoms. The molecule has 8 N–H and O–H groups in total. The number of nitrogens with one attached hydrogen (secondary N) is 1. The van der Waals surface area contributed by atoms with Crippen LogP contribution in [0.15, 0.2) is 36.4 Å². The van der Waals surface area contributed by atoms with Crippen LogP contribution >= 0.6 is 21.6 Å². The molecule has 2 aliphatic carbocycles. The first kappa shape index (κ1) is 44.7. The molecule has 314 valence electrons. The highest BCUT2D eigenvalue weighted by atomic mass is 33.1. The van der Waals surface area contributed by atoms with Crippen LogP contribution in [0.1, 0.15) is 80.2 Å². The van der Waals surface area contributed by atoms with E-state index < -0.39 is 37.8 Å². The summed E-state index contributed by atoms with van der Waals surface area (Å²) in [5.74, 6) is 2.09. The normalized spacial score (nSPS) is 30.4. The Balaban J connectivity index is 1.40. The van der Waals surface area contributed by atoms with E-state index in [-0.39, 0.29) is 59.6 Å². The van der Waals surface area contributed by atoms with Gasteiger partial charge in [0.2, 0.25) is 5.75 Å². The summed E-state index contributed by atoms with van der Waals surface area (Å²) in [7, 11) is 6.34. The van der Waals surface area contributed by atoms with E-state index in [1.165, 1.54) is 35.1 Å². The minimum absolute atomic E-state index is 0.00963. The second-order valence-corrected chi connectivity index (χ2v) is 18.3. The summed E-state index contributed by atoms with van der Waals surface area (Å²) >= 11 is 0. The highest BCUT2D eigenvalue weighted by Crippen LogP contribution is 2.48. The van der Waals surface area contributed by atoms with Crippen molar-refractivity contribution in [2.45, 2.75) is 101 Å². The Hall–Kier alpha value is -2.40. The van der Waals surface area contributed by atoms with Crippen molar-refractivity contribution in [1.29, 1.82) is 0 Å². The molecule has 56 heavy (non-hydrogen) atoms. The fourth-order valence-corrected chi connectivity index (χ4v) is 11.8. The second kappa shape index (κ2) is 22.1. The Morgan fingerprint density at radius 2 is 1.70 bits per heavy atom. The predicted octanol–water partition coefficient (Wildman–Crippen LogP) is 5.48. The number of benzene rings is 2. The lowest BCUT2D eigenvalue weighted by Gasteiger charge is -2.41. The van der Waals surface area contributed by atoms with E-state index in [1.54, 1.807) is 18.2 Å². The largest absolute Gasteiger partial charge is 0.504 e. The number of methoxy groups -OCH3 is 1. The summed E-state index contributed by atoms with van der Waals surface area (Å²) in [5.41, 5.74) is 2.39. The van der Waals surface area contributed by atoms with Crippen LogP contribution in [-0.4, -0.2) is 107 Å². The summed E-state index contributed by atoms with van der Waals surface area (Å²) in [6.45, 7) is 2.00. The first-order valence-corrected chi connectivity index (χ1v) is 22.4. The van der Waals surface area contributed by atoms with E-state index in [0.29, 0.717) is 54.2 Å². The van der Waals surface area contributed by atoms with Crippen LogP contribution in [0.25, 0.3) is 0 Å². The monoisotopic (exact) mass is 821 g/mol. The lowest BCUT2D eigenvalue weighted by molar-refractivity contribution is -0.0808. The van der Waals surface area contributed by atoms with Crippen LogP contribution in [0.4, 0.5) is 0 Å². The van der Waals surface area contributed by atoms with Crippen molar-refractivity contribution in [3.63, 3.8) is 0 Å². The summed E-state index contributed by atoms with van der Waals surface area (Å²) in [5, 5.41) is 77.8. The molecule has 0 saturated heterocycles. The SMILES string of the molecule is CNC[C@@H]1CC[C@@H](Oc2cc3c(cc2O)[C@H](CCO)SSC[C@H](O)[C@@H](Cc2cc(OC)c(O)c(OCO)c2)[C@H](O)C[C@@H](OCO)CC3)C[C@@H]1[C@H]1C=CC[C@@H](C)C1. The third-order valence-electron chi connectivity index (χ3n) is 11.8. The molecule has 10 atom stereocenters. The van der Waals surface area contributed by atoms with Gasteiger partial charge in [0.1, 0.15) is 6.79 Å². The van der Waals surface area contributed by atoms with E-state index in [0.717, 1.165) is 43.4 Å². The summed E-state index contributed by atoms with van der Waals surface area (Å²) in [6.07, 6.45) is 8.85. The number of fused-ring (bicyclic) bond motifs is 1. The van der Waals surface area contributed by atoms with Crippen LogP contribution in [-0.2, 0) is 17.6 Å². The number of aliphatic hydroxyl groups is 5. The zero-order valence-corrected chi connectivity index (χ0v) is 34.6. The van der Waals surface area contributed by atoms with Crippen LogP contribution in [0.2, 0.25) is 0 Å². The van der Waals surface area contributed by atoms with Crippen molar-refractivity contribution in [3.8, 4) is 28.7 Å². The Morgan fingerprint density at radius 3 is 2.41 bits per heavy atom. The van der Waals surface area contributed by atoms with Gasteiger partial charge in [0.15, 0.2) is 29.8 Å². The first-order chi connectivity index (χ1) is 27.1. The molecule has 14 heteroatoms. The number of hydrogen-bond acceptors (Lipinski definition) is 14. The smallest absolute Gasteiger partial charge is 0.200 e. The Labute approximate surface area is 339 Å². The van der Waals surface area contributed by atoms with Gasteiger partial charge in [0.25, 0.3) is 0 Å². The van der Waals surface area contributed by atoms with Crippen molar-refractivity contribution < 1.29 is 54.7 Å². The third kappa shape index (κ3) is 11.8. The number of aromatic hydroxyl groups is 2. The molecule has 1 heterocycles. The molecule has 3 aliphatic rings. The number of phenolic OH excluding ortho intramolecular Hbond substituents is 2. The average Bonchev–Trinajstić information content (AvgIpc) is 3.18. The van der Waals surface area contributed by atoms with Gasteiger partial charge in [-0.2, -0.15) is 0 Å². The molecule has 0 unspecified atom stereocenters. The molecule has 0 radical (unpaired) electrons. The van der Waals surface area contributed by atoms with Gasteiger partial charge < -0.3 is 60.0 Å². The maximum absolute atomic E-state index is 11.7. The van der Waals surface area contributed by atoms with E-state index in [9.17, 15) is 35.7 Å². The topological polar surface area (TPSA) is 191 Å². The summed E-state index contributed by atoms with van der Waals surface area (Å²) in [4.78, 5) is 0. The first-order valence-electron chi connectivity index (χ1n) is 20.0. The van der Waals surface area contributed by atoms with E-state index >= 15 is 0 Å². The quantitative estimate of drug-likeness (QED) is 0.0680. The Morgan fingerprint density at radius 1 is 0.893 bits per heavy atom. The van der Waals surface area contributed by atoms with Gasteiger partial charge in [-0.3, -0.25) is 0 Å². The second-order valence-electron chi connectivity index (χ2n) is 15.7. The number of allylic oxidation sites excluding steroid dienone is 2. The fourth-order valence-electron chi connectivity index (χ4n) is 8.95. The van der Waals surface area contributed by atoms with Crippen LogP contribution in [0.5, 0.6) is 28.7 Å². The highest BCUT2D eigenvalue weighted by Gasteiger charge is 2.37. The maximum Gasteiger partial charge on any atom is 0.200 e. The summed E-state index contributed by atoms with van der Waals surface area (Å²) < 4.78 is 23.0. The minimum Gasteiger partial charge on any atom is -0.504 e. The molecule has 2 aromatic rings. The fraction of sp³-hybridized carbons (Fsp3) is 0.667. The average molecular weight is 822 g/mol. The predicted molar refractivity (Wildman–Crippen MR) is 219 cm³/mol. The molecule has 1 aliphatic heterocycles. The molecule has 1 fully saturated rings. The Bertz CT molecular complexity index is 1550. The zero-order chi connectivity index (χ0) is 40.2. The number of rotatable bonds is 14. The van der Waals surface area contributed by atoms with Crippen LogP contribution in [0, 0.1) is 29.6 Å².